The number of nitrogens with one attached hydrogen (secondary N) is 1. The molecule has 0 aromatic carbocycles. The molecule has 0 spiro atoms. The van der Waals surface area contributed by atoms with E-state index in [4.69, 9.17) is 9.47 Å². The minimum atomic E-state index is -1.28. The van der Waals surface area contributed by atoms with Crippen LogP contribution in [0.3, 0.4) is 0 Å². The molecule has 2 heterocycles. The van der Waals surface area contributed by atoms with Crippen LogP contribution in [0, 0.1) is 0 Å². The Labute approximate surface area is 130 Å². The first-order valence-electron chi connectivity index (χ1n) is 7.79. The molecule has 2 rings (SSSR count). The molecule has 2 aliphatic rings. The number of ether oxygens (including phenoxy) is 2. The molecule has 2 atom stereocenters. The first-order chi connectivity index (χ1) is 10.2. The molecule has 0 bridgehead atoms. The van der Waals surface area contributed by atoms with Crippen LogP contribution in [0.25, 0.3) is 0 Å². The van der Waals surface area contributed by atoms with Crippen LogP contribution in [-0.4, -0.2) is 65.6 Å². The lowest BCUT2D eigenvalue weighted by atomic mass is 9.99. The van der Waals surface area contributed by atoms with E-state index in [9.17, 15) is 14.7 Å². The van der Waals surface area contributed by atoms with Gasteiger partial charge in [-0.25, -0.2) is 9.59 Å². The van der Waals surface area contributed by atoms with Gasteiger partial charge in [0.05, 0.1) is 6.10 Å². The predicted molar refractivity (Wildman–Crippen MR) is 79.8 cm³/mol. The Balaban J connectivity index is 1.95. The molecule has 0 saturated carbocycles. The lowest BCUT2D eigenvalue weighted by Gasteiger charge is -2.28. The predicted octanol–water partition coefficient (Wildman–Crippen LogP) is 1.22. The van der Waals surface area contributed by atoms with Gasteiger partial charge in [0, 0.05) is 26.2 Å². The van der Waals surface area contributed by atoms with Gasteiger partial charge in [-0.2, -0.15) is 0 Å². The van der Waals surface area contributed by atoms with E-state index in [2.05, 4.69) is 5.32 Å². The summed E-state index contributed by atoms with van der Waals surface area (Å²) in [5, 5.41) is 12.1. The quantitative estimate of drug-likeness (QED) is 0.811. The van der Waals surface area contributed by atoms with Gasteiger partial charge < -0.3 is 19.9 Å². The Kier molecular flexibility index (Phi) is 4.97. The Bertz CT molecular complexity index is 428. The van der Waals surface area contributed by atoms with Crippen molar-refractivity contribution in [3.05, 3.63) is 0 Å². The molecule has 2 saturated heterocycles. The van der Waals surface area contributed by atoms with Crippen molar-refractivity contribution in [3.8, 4) is 0 Å². The number of alkyl carbamates (subject to hydrolysis) is 1. The fourth-order valence-corrected chi connectivity index (χ4v) is 2.95. The lowest BCUT2D eigenvalue weighted by Crippen LogP contribution is -2.57. The van der Waals surface area contributed by atoms with Crippen LogP contribution in [0.15, 0.2) is 0 Å². The molecule has 0 radical (unpaired) electrons. The standard InChI is InChI=1S/C15H26N2O5/c1-14(2,3)22-13(20)16-15(12(18)19)6-7-17(10-15)9-11-5-4-8-21-11/h11H,4-10H2,1-3H3,(H,16,20)(H,18,19). The SMILES string of the molecule is CC(C)(C)OC(=O)NC1(C(=O)O)CCN(CC2CCCO2)C1. The molecule has 2 unspecified atom stereocenters. The number of carboxylic acid groups (broad SMARTS) is 1. The Morgan fingerprint density at radius 2 is 2.18 bits per heavy atom. The van der Waals surface area contributed by atoms with Crippen molar-refractivity contribution < 1.29 is 24.2 Å². The number of rotatable bonds is 4. The summed E-state index contributed by atoms with van der Waals surface area (Å²) in [6.07, 6.45) is 1.92. The number of hydrogen-bond donors (Lipinski definition) is 2. The zero-order valence-corrected chi connectivity index (χ0v) is 13.6. The zero-order valence-electron chi connectivity index (χ0n) is 13.6. The minimum absolute atomic E-state index is 0.172. The molecule has 1 amide bonds. The molecule has 22 heavy (non-hydrogen) atoms. The molecule has 0 aromatic rings. The molecule has 2 N–H and O–H groups in total. The van der Waals surface area contributed by atoms with Crippen LogP contribution in [0.4, 0.5) is 4.79 Å². The number of carboxylic acids is 1. The molecule has 2 aliphatic heterocycles. The van der Waals surface area contributed by atoms with Crippen LogP contribution in [0.5, 0.6) is 0 Å². The average Bonchev–Trinajstić information content (AvgIpc) is 2.98. The highest BCUT2D eigenvalue weighted by atomic mass is 16.6. The summed E-state index contributed by atoms with van der Waals surface area (Å²) in [6.45, 7) is 7.64. The number of nitrogens with zero attached hydrogens (tertiary/aromatic N) is 1. The van der Waals surface area contributed by atoms with Gasteiger partial charge in [-0.15, -0.1) is 0 Å². The van der Waals surface area contributed by atoms with Crippen LogP contribution >= 0.6 is 0 Å². The fraction of sp³-hybridized carbons (Fsp3) is 0.867. The van der Waals surface area contributed by atoms with E-state index >= 15 is 0 Å². The monoisotopic (exact) mass is 314 g/mol. The highest BCUT2D eigenvalue weighted by Gasteiger charge is 2.47. The van der Waals surface area contributed by atoms with Crippen molar-refractivity contribution in [1.29, 1.82) is 0 Å². The molecule has 7 heteroatoms. The molecular formula is C15H26N2O5. The molecule has 126 valence electrons. The molecular weight excluding hydrogens is 288 g/mol. The lowest BCUT2D eigenvalue weighted by molar-refractivity contribution is -0.144. The zero-order chi connectivity index (χ0) is 16.4. The van der Waals surface area contributed by atoms with Crippen molar-refractivity contribution in [2.24, 2.45) is 0 Å². The van der Waals surface area contributed by atoms with Crippen molar-refractivity contribution >= 4 is 12.1 Å². The van der Waals surface area contributed by atoms with Crippen LogP contribution in [-0.2, 0) is 14.3 Å². The van der Waals surface area contributed by atoms with Gasteiger partial charge in [-0.1, -0.05) is 0 Å². The van der Waals surface area contributed by atoms with Crippen molar-refractivity contribution in [2.45, 2.75) is 57.3 Å². The second kappa shape index (κ2) is 6.42. The summed E-state index contributed by atoms with van der Waals surface area (Å²) in [5.41, 5.74) is -1.93. The van der Waals surface area contributed by atoms with E-state index in [1.54, 1.807) is 20.8 Å². The molecule has 0 aliphatic carbocycles. The van der Waals surface area contributed by atoms with Crippen molar-refractivity contribution in [3.63, 3.8) is 0 Å². The number of hydrogen-bond acceptors (Lipinski definition) is 5. The van der Waals surface area contributed by atoms with E-state index < -0.39 is 23.2 Å². The van der Waals surface area contributed by atoms with Gasteiger partial charge in [0.2, 0.25) is 0 Å². The maximum atomic E-state index is 11.9. The summed E-state index contributed by atoms with van der Waals surface area (Å²) in [6, 6.07) is 0. The Morgan fingerprint density at radius 3 is 2.73 bits per heavy atom. The van der Waals surface area contributed by atoms with E-state index in [-0.39, 0.29) is 12.6 Å². The smallest absolute Gasteiger partial charge is 0.408 e. The molecule has 0 aromatic heterocycles. The number of likely N-dealkylation sites (tertiary alicyclic amines) is 1. The van der Waals surface area contributed by atoms with Gasteiger partial charge in [0.25, 0.3) is 0 Å². The minimum Gasteiger partial charge on any atom is -0.479 e. The third-order valence-corrected chi connectivity index (χ3v) is 3.98. The second-order valence-electron chi connectivity index (χ2n) is 7.13. The summed E-state index contributed by atoms with van der Waals surface area (Å²) in [4.78, 5) is 25.7. The Hall–Kier alpha value is -1.34. The van der Waals surface area contributed by atoms with Gasteiger partial charge in [0.1, 0.15) is 5.60 Å². The maximum Gasteiger partial charge on any atom is 0.408 e. The number of aliphatic carboxylic acids is 1. The van der Waals surface area contributed by atoms with Crippen molar-refractivity contribution in [2.75, 3.05) is 26.2 Å². The van der Waals surface area contributed by atoms with E-state index in [1.807, 2.05) is 4.90 Å². The third kappa shape index (κ3) is 4.33. The topological polar surface area (TPSA) is 88.1 Å². The summed E-state index contributed by atoms with van der Waals surface area (Å²) >= 11 is 0. The number of carbonyl (C=O) groups excluding carboxylic acids is 1. The number of carbonyl (C=O) groups is 2. The fourth-order valence-electron chi connectivity index (χ4n) is 2.95. The number of amides is 1. The van der Waals surface area contributed by atoms with Gasteiger partial charge >= 0.3 is 12.1 Å². The van der Waals surface area contributed by atoms with Crippen LogP contribution in [0.2, 0.25) is 0 Å². The molecule has 2 fully saturated rings. The first kappa shape index (κ1) is 17.0. The highest BCUT2D eigenvalue weighted by Crippen LogP contribution is 2.25. The van der Waals surface area contributed by atoms with Gasteiger partial charge in [-0.05, 0) is 40.0 Å². The summed E-state index contributed by atoms with van der Waals surface area (Å²) < 4.78 is 10.8. The van der Waals surface area contributed by atoms with Gasteiger partial charge in [0.15, 0.2) is 5.54 Å². The van der Waals surface area contributed by atoms with E-state index in [0.717, 1.165) is 19.4 Å². The first-order valence-corrected chi connectivity index (χ1v) is 7.79. The van der Waals surface area contributed by atoms with Crippen molar-refractivity contribution in [1.82, 2.24) is 10.2 Å². The Morgan fingerprint density at radius 1 is 1.45 bits per heavy atom. The normalized spacial score (nSPS) is 29.5. The van der Waals surface area contributed by atoms with Crippen LogP contribution < -0.4 is 5.32 Å². The third-order valence-electron chi connectivity index (χ3n) is 3.98. The maximum absolute atomic E-state index is 11.9. The summed E-state index contributed by atoms with van der Waals surface area (Å²) in [5.74, 6) is -1.02. The summed E-state index contributed by atoms with van der Waals surface area (Å²) in [7, 11) is 0. The molecule has 7 nitrogen and oxygen atoms in total. The van der Waals surface area contributed by atoms with E-state index in [0.29, 0.717) is 19.5 Å². The van der Waals surface area contributed by atoms with E-state index in [1.165, 1.54) is 0 Å². The average molecular weight is 314 g/mol. The van der Waals surface area contributed by atoms with Gasteiger partial charge in [-0.3, -0.25) is 4.90 Å². The van der Waals surface area contributed by atoms with Crippen LogP contribution in [0.1, 0.15) is 40.0 Å². The highest BCUT2D eigenvalue weighted by molar-refractivity contribution is 5.85. The largest absolute Gasteiger partial charge is 0.479 e. The second-order valence-corrected chi connectivity index (χ2v) is 7.13.